The monoisotopic (exact) mass is 309 g/mol. The van der Waals surface area contributed by atoms with Crippen LogP contribution in [0.5, 0.6) is 0 Å². The fourth-order valence-corrected chi connectivity index (χ4v) is 3.96. The van der Waals surface area contributed by atoms with Gasteiger partial charge in [-0.25, -0.2) is 4.98 Å². The van der Waals surface area contributed by atoms with E-state index in [0.29, 0.717) is 17.1 Å². The van der Waals surface area contributed by atoms with Gasteiger partial charge in [0.2, 0.25) is 0 Å². The Bertz CT molecular complexity index is 843. The van der Waals surface area contributed by atoms with Gasteiger partial charge in [0.15, 0.2) is 5.13 Å². The molecule has 1 amide bonds. The minimum absolute atomic E-state index is 0.374. The van der Waals surface area contributed by atoms with E-state index in [1.54, 1.807) is 17.4 Å². The molecule has 1 aromatic heterocycles. The Morgan fingerprint density at radius 2 is 2.00 bits per heavy atom. The van der Waals surface area contributed by atoms with Crippen LogP contribution in [0.3, 0.4) is 0 Å². The van der Waals surface area contributed by atoms with Crippen molar-refractivity contribution in [2.24, 2.45) is 5.73 Å². The summed E-state index contributed by atoms with van der Waals surface area (Å²) < 4.78 is 1.00. The number of benzene rings is 2. The van der Waals surface area contributed by atoms with E-state index in [0.717, 1.165) is 22.8 Å². The molecule has 5 heteroatoms. The highest BCUT2D eigenvalue weighted by molar-refractivity contribution is 7.22. The summed E-state index contributed by atoms with van der Waals surface area (Å²) in [4.78, 5) is 18.5. The molecule has 4 nitrogen and oxygen atoms in total. The van der Waals surface area contributed by atoms with Gasteiger partial charge in [0, 0.05) is 6.54 Å². The molecule has 2 heterocycles. The second-order valence-electron chi connectivity index (χ2n) is 5.42. The Morgan fingerprint density at radius 1 is 1.18 bits per heavy atom. The summed E-state index contributed by atoms with van der Waals surface area (Å²) in [6.07, 6.45) is 1.13. The minimum Gasteiger partial charge on any atom is -0.366 e. The molecule has 2 N–H and O–H groups in total. The van der Waals surface area contributed by atoms with Gasteiger partial charge in [0.25, 0.3) is 5.91 Å². The highest BCUT2D eigenvalue weighted by Crippen LogP contribution is 2.41. The maximum atomic E-state index is 11.5. The molecule has 1 aliphatic heterocycles. The number of amides is 1. The van der Waals surface area contributed by atoms with E-state index >= 15 is 0 Å². The molecule has 1 aliphatic rings. The van der Waals surface area contributed by atoms with Gasteiger partial charge in [-0.05, 0) is 24.1 Å². The zero-order valence-electron chi connectivity index (χ0n) is 11.9. The predicted octanol–water partition coefficient (Wildman–Crippen LogP) is 3.35. The number of rotatable bonds is 3. The van der Waals surface area contributed by atoms with Crippen LogP contribution in [0.4, 0.5) is 5.13 Å². The Morgan fingerprint density at radius 3 is 2.68 bits per heavy atom. The highest BCUT2D eigenvalue weighted by Gasteiger charge is 2.31. The number of anilines is 1. The molecule has 0 spiro atoms. The number of aromatic nitrogens is 1. The third-order valence-corrected chi connectivity index (χ3v) is 5.18. The number of nitrogens with zero attached hydrogens (tertiary/aromatic N) is 2. The third kappa shape index (κ3) is 2.05. The van der Waals surface area contributed by atoms with E-state index in [1.807, 2.05) is 18.2 Å². The van der Waals surface area contributed by atoms with Crippen LogP contribution >= 0.6 is 11.3 Å². The summed E-state index contributed by atoms with van der Waals surface area (Å²) >= 11 is 1.62. The lowest BCUT2D eigenvalue weighted by atomic mass is 9.96. The van der Waals surface area contributed by atoms with Crippen LogP contribution < -0.4 is 10.6 Å². The van der Waals surface area contributed by atoms with E-state index in [9.17, 15) is 4.79 Å². The SMILES string of the molecule is NC(=O)c1cccc2sc(N3CCC3c3ccccc3)nc12. The summed E-state index contributed by atoms with van der Waals surface area (Å²) in [6.45, 7) is 0.991. The van der Waals surface area contributed by atoms with Crippen LogP contribution in [0.1, 0.15) is 28.4 Å². The summed E-state index contributed by atoms with van der Waals surface area (Å²) in [6, 6.07) is 16.4. The first-order valence-corrected chi connectivity index (χ1v) is 8.06. The zero-order chi connectivity index (χ0) is 15.1. The standard InChI is InChI=1S/C17H15N3OS/c18-16(21)12-7-4-8-14-15(12)19-17(22-14)20-10-9-13(20)11-5-2-1-3-6-11/h1-8,13H,9-10H2,(H2,18,21). The first-order valence-electron chi connectivity index (χ1n) is 7.25. The number of fused-ring (bicyclic) bond motifs is 1. The van der Waals surface area contributed by atoms with Crippen LogP contribution in [0.2, 0.25) is 0 Å². The van der Waals surface area contributed by atoms with Gasteiger partial charge in [-0.1, -0.05) is 47.7 Å². The Kier molecular flexibility index (Phi) is 3.08. The lowest BCUT2D eigenvalue weighted by Gasteiger charge is -2.41. The number of nitrogens with two attached hydrogens (primary N) is 1. The summed E-state index contributed by atoms with van der Waals surface area (Å²) in [7, 11) is 0. The maximum Gasteiger partial charge on any atom is 0.250 e. The number of carbonyl (C=O) groups excluding carboxylic acids is 1. The highest BCUT2D eigenvalue weighted by atomic mass is 32.1. The number of primary amides is 1. The Labute approximate surface area is 132 Å². The Hall–Kier alpha value is -2.40. The number of carbonyl (C=O) groups is 1. The molecule has 2 aromatic carbocycles. The van der Waals surface area contributed by atoms with Crippen LogP contribution in [0.15, 0.2) is 48.5 Å². The molecule has 1 atom stereocenters. The van der Waals surface area contributed by atoms with Gasteiger partial charge in [0.05, 0.1) is 21.8 Å². The zero-order valence-corrected chi connectivity index (χ0v) is 12.7. The van der Waals surface area contributed by atoms with E-state index in [-0.39, 0.29) is 0 Å². The van der Waals surface area contributed by atoms with E-state index in [4.69, 9.17) is 5.73 Å². The van der Waals surface area contributed by atoms with Gasteiger partial charge < -0.3 is 10.6 Å². The van der Waals surface area contributed by atoms with Crippen molar-refractivity contribution in [2.45, 2.75) is 12.5 Å². The summed E-state index contributed by atoms with van der Waals surface area (Å²) in [5.74, 6) is -0.425. The van der Waals surface area contributed by atoms with E-state index < -0.39 is 5.91 Å². The fraction of sp³-hybridized carbons (Fsp3) is 0.176. The fourth-order valence-electron chi connectivity index (χ4n) is 2.90. The van der Waals surface area contributed by atoms with Crippen molar-refractivity contribution in [1.29, 1.82) is 0 Å². The average Bonchev–Trinajstić information content (AvgIpc) is 2.89. The topological polar surface area (TPSA) is 59.2 Å². The van der Waals surface area contributed by atoms with Gasteiger partial charge in [0.1, 0.15) is 0 Å². The molecular formula is C17H15N3OS. The molecule has 1 unspecified atom stereocenters. The van der Waals surface area contributed by atoms with Crippen molar-refractivity contribution in [1.82, 2.24) is 4.98 Å². The molecule has 0 radical (unpaired) electrons. The van der Waals surface area contributed by atoms with Crippen LogP contribution in [-0.2, 0) is 0 Å². The van der Waals surface area contributed by atoms with Crippen molar-refractivity contribution in [3.63, 3.8) is 0 Å². The third-order valence-electron chi connectivity index (χ3n) is 4.12. The van der Waals surface area contributed by atoms with E-state index in [2.05, 4.69) is 34.1 Å². The van der Waals surface area contributed by atoms with Crippen LogP contribution in [0, 0.1) is 0 Å². The smallest absolute Gasteiger partial charge is 0.250 e. The minimum atomic E-state index is -0.425. The quantitative estimate of drug-likeness (QED) is 0.807. The average molecular weight is 309 g/mol. The normalized spacial score (nSPS) is 17.5. The molecule has 1 fully saturated rings. The molecule has 110 valence electrons. The number of para-hydroxylation sites is 1. The van der Waals surface area contributed by atoms with Crippen LogP contribution in [-0.4, -0.2) is 17.4 Å². The van der Waals surface area contributed by atoms with Crippen molar-refractivity contribution in [3.8, 4) is 0 Å². The number of hydrogen-bond donors (Lipinski definition) is 1. The summed E-state index contributed by atoms with van der Waals surface area (Å²) in [5, 5.41) is 0.962. The Balaban J connectivity index is 1.73. The number of hydrogen-bond acceptors (Lipinski definition) is 4. The lowest BCUT2D eigenvalue weighted by Crippen LogP contribution is -2.40. The van der Waals surface area contributed by atoms with Crippen molar-refractivity contribution in [2.75, 3.05) is 11.4 Å². The van der Waals surface area contributed by atoms with Gasteiger partial charge in [-0.2, -0.15) is 0 Å². The summed E-state index contributed by atoms with van der Waals surface area (Å²) in [5.41, 5.74) is 7.96. The van der Waals surface area contributed by atoms with Gasteiger partial charge >= 0.3 is 0 Å². The van der Waals surface area contributed by atoms with Crippen molar-refractivity contribution in [3.05, 3.63) is 59.7 Å². The van der Waals surface area contributed by atoms with Gasteiger partial charge in [-0.3, -0.25) is 4.79 Å². The number of thiazole rings is 1. The molecule has 0 aliphatic carbocycles. The second kappa shape index (κ2) is 5.10. The van der Waals surface area contributed by atoms with Gasteiger partial charge in [-0.15, -0.1) is 0 Å². The molecule has 0 saturated carbocycles. The predicted molar refractivity (Wildman–Crippen MR) is 89.3 cm³/mol. The van der Waals surface area contributed by atoms with Crippen molar-refractivity contribution >= 4 is 32.6 Å². The largest absolute Gasteiger partial charge is 0.366 e. The lowest BCUT2D eigenvalue weighted by molar-refractivity contribution is 0.100. The maximum absolute atomic E-state index is 11.5. The van der Waals surface area contributed by atoms with Crippen molar-refractivity contribution < 1.29 is 4.79 Å². The first kappa shape index (κ1) is 13.3. The molecule has 22 heavy (non-hydrogen) atoms. The van der Waals surface area contributed by atoms with E-state index in [1.165, 1.54) is 5.56 Å². The molecule has 0 bridgehead atoms. The second-order valence-corrected chi connectivity index (χ2v) is 6.43. The first-order chi connectivity index (χ1) is 10.7. The molecule has 1 saturated heterocycles. The molecule has 4 rings (SSSR count). The van der Waals surface area contributed by atoms with Crippen LogP contribution in [0.25, 0.3) is 10.2 Å². The molecule has 3 aromatic rings. The molecular weight excluding hydrogens is 294 g/mol.